The van der Waals surface area contributed by atoms with Crippen LogP contribution in [0.25, 0.3) is 0 Å². The molecule has 1 aromatic carbocycles. The van der Waals surface area contributed by atoms with Crippen molar-refractivity contribution in [1.82, 2.24) is 9.80 Å². The van der Waals surface area contributed by atoms with Crippen LogP contribution in [-0.4, -0.2) is 46.4 Å². The van der Waals surface area contributed by atoms with Gasteiger partial charge in [-0.2, -0.15) is 0 Å². The largest absolute Gasteiger partial charge is 0.505 e. The van der Waals surface area contributed by atoms with E-state index in [1.165, 1.54) is 23.3 Å². The molecule has 0 atom stereocenters. The second-order valence-electron chi connectivity index (χ2n) is 5.15. The van der Waals surface area contributed by atoms with Crippen LogP contribution in [0.3, 0.4) is 0 Å². The third-order valence-electron chi connectivity index (χ3n) is 3.71. The number of furan rings is 1. The van der Waals surface area contributed by atoms with Crippen LogP contribution < -0.4 is 5.73 Å². The number of piperazine rings is 1. The Kier molecular flexibility index (Phi) is 3.92. The van der Waals surface area contributed by atoms with Crippen LogP contribution in [0, 0.1) is 6.54 Å². The third kappa shape index (κ3) is 2.85. The SMILES string of the molecule is Nc1cccc(C(=O)N2[CH]CN(C(=O)c3ccco3)CC2)c1O. The summed E-state index contributed by atoms with van der Waals surface area (Å²) in [6.07, 6.45) is 1.44. The number of rotatable bonds is 2. The number of para-hydroxylation sites is 1. The Bertz CT molecular complexity index is 719. The smallest absolute Gasteiger partial charge is 0.289 e. The van der Waals surface area contributed by atoms with E-state index < -0.39 is 0 Å². The predicted octanol–water partition coefficient (Wildman–Crippen LogP) is 1.33. The van der Waals surface area contributed by atoms with Gasteiger partial charge in [0.25, 0.3) is 11.8 Å². The van der Waals surface area contributed by atoms with Gasteiger partial charge in [0.2, 0.25) is 0 Å². The van der Waals surface area contributed by atoms with Crippen molar-refractivity contribution in [3.63, 3.8) is 0 Å². The highest BCUT2D eigenvalue weighted by Gasteiger charge is 2.28. The maximum Gasteiger partial charge on any atom is 0.289 e. The van der Waals surface area contributed by atoms with E-state index in [-0.39, 0.29) is 41.1 Å². The number of nitrogens with zero attached hydrogens (tertiary/aromatic N) is 2. The molecule has 0 aliphatic carbocycles. The first kappa shape index (κ1) is 15.0. The number of aromatic hydroxyl groups is 1. The molecule has 119 valence electrons. The van der Waals surface area contributed by atoms with Crippen molar-refractivity contribution in [2.75, 3.05) is 25.4 Å². The first-order valence-electron chi connectivity index (χ1n) is 7.12. The Morgan fingerprint density at radius 2 is 1.96 bits per heavy atom. The molecule has 0 saturated carbocycles. The molecule has 3 rings (SSSR count). The minimum Gasteiger partial charge on any atom is -0.505 e. The zero-order valence-corrected chi connectivity index (χ0v) is 12.3. The molecule has 1 fully saturated rings. The lowest BCUT2D eigenvalue weighted by molar-refractivity contribution is 0.0585. The zero-order valence-electron chi connectivity index (χ0n) is 12.3. The summed E-state index contributed by atoms with van der Waals surface area (Å²) in [4.78, 5) is 27.7. The molecule has 23 heavy (non-hydrogen) atoms. The number of anilines is 1. The molecule has 2 aromatic rings. The molecule has 2 heterocycles. The predicted molar refractivity (Wildman–Crippen MR) is 82.5 cm³/mol. The minimum atomic E-state index is -0.347. The number of benzene rings is 1. The van der Waals surface area contributed by atoms with Gasteiger partial charge < -0.3 is 25.1 Å². The van der Waals surface area contributed by atoms with Crippen molar-refractivity contribution in [2.45, 2.75) is 0 Å². The number of hydrogen-bond donors (Lipinski definition) is 2. The molecular formula is C16H16N3O4. The first-order valence-corrected chi connectivity index (χ1v) is 7.12. The topological polar surface area (TPSA) is 100 Å². The average Bonchev–Trinajstić information content (AvgIpc) is 3.11. The van der Waals surface area contributed by atoms with Crippen molar-refractivity contribution in [1.29, 1.82) is 0 Å². The van der Waals surface area contributed by atoms with Crippen LogP contribution >= 0.6 is 0 Å². The van der Waals surface area contributed by atoms with Crippen LogP contribution in [0.2, 0.25) is 0 Å². The van der Waals surface area contributed by atoms with E-state index in [1.54, 1.807) is 29.6 Å². The Labute approximate surface area is 132 Å². The number of carbonyl (C=O) groups is 2. The fraction of sp³-hybridized carbons (Fsp3) is 0.188. The van der Waals surface area contributed by atoms with Gasteiger partial charge in [-0.25, -0.2) is 0 Å². The lowest BCUT2D eigenvalue weighted by atomic mass is 10.1. The number of phenolic OH excluding ortho intramolecular Hbond substituents is 1. The quantitative estimate of drug-likeness (QED) is 0.643. The summed E-state index contributed by atoms with van der Waals surface area (Å²) in [7, 11) is 0. The van der Waals surface area contributed by atoms with Crippen molar-refractivity contribution < 1.29 is 19.1 Å². The molecule has 1 aliphatic heterocycles. The van der Waals surface area contributed by atoms with Gasteiger partial charge in [-0.15, -0.1) is 0 Å². The Balaban J connectivity index is 1.66. The molecular weight excluding hydrogens is 298 g/mol. The maximum atomic E-state index is 12.4. The molecule has 3 N–H and O–H groups in total. The van der Waals surface area contributed by atoms with Crippen LogP contribution in [0.5, 0.6) is 5.75 Å². The number of amides is 2. The highest BCUT2D eigenvalue weighted by molar-refractivity contribution is 5.99. The number of phenols is 1. The van der Waals surface area contributed by atoms with Crippen molar-refractivity contribution in [3.05, 3.63) is 54.5 Å². The molecule has 1 aromatic heterocycles. The van der Waals surface area contributed by atoms with E-state index in [9.17, 15) is 14.7 Å². The van der Waals surface area contributed by atoms with E-state index in [2.05, 4.69) is 0 Å². The van der Waals surface area contributed by atoms with Crippen LogP contribution in [0.4, 0.5) is 5.69 Å². The number of nitrogens with two attached hydrogens (primary N) is 1. The van der Waals surface area contributed by atoms with E-state index in [1.807, 2.05) is 0 Å². The second kappa shape index (κ2) is 6.04. The molecule has 7 heteroatoms. The summed E-state index contributed by atoms with van der Waals surface area (Å²) in [6, 6.07) is 7.90. The van der Waals surface area contributed by atoms with Crippen LogP contribution in [0.15, 0.2) is 41.0 Å². The highest BCUT2D eigenvalue weighted by Crippen LogP contribution is 2.26. The van der Waals surface area contributed by atoms with Gasteiger partial charge in [-0.3, -0.25) is 9.59 Å². The van der Waals surface area contributed by atoms with Gasteiger partial charge in [-0.1, -0.05) is 6.07 Å². The summed E-state index contributed by atoms with van der Waals surface area (Å²) in [5, 5.41) is 9.90. The molecule has 1 saturated heterocycles. The number of carbonyl (C=O) groups excluding carboxylic acids is 2. The number of nitrogen functional groups attached to an aromatic ring is 1. The minimum absolute atomic E-state index is 0.145. The van der Waals surface area contributed by atoms with E-state index in [4.69, 9.17) is 10.2 Å². The van der Waals surface area contributed by atoms with Gasteiger partial charge in [0, 0.05) is 19.6 Å². The molecule has 1 aliphatic rings. The fourth-order valence-corrected chi connectivity index (χ4v) is 2.42. The van der Waals surface area contributed by atoms with E-state index in [0.717, 1.165) is 0 Å². The van der Waals surface area contributed by atoms with Gasteiger partial charge in [0.05, 0.1) is 24.1 Å². The average molecular weight is 314 g/mol. The normalized spacial score (nSPS) is 14.8. The Hall–Kier alpha value is -2.96. The highest BCUT2D eigenvalue weighted by atomic mass is 16.3. The van der Waals surface area contributed by atoms with E-state index in [0.29, 0.717) is 13.1 Å². The molecule has 0 unspecified atom stereocenters. The van der Waals surface area contributed by atoms with Crippen molar-refractivity contribution >= 4 is 17.5 Å². The standard InChI is InChI=1S/C16H16N3O4/c17-12-4-1-3-11(14(12)20)15(21)18-6-8-19(9-7-18)16(22)13-5-2-10-23-13/h1-6,10,20H,7-9,17H2. The molecule has 0 spiro atoms. The van der Waals surface area contributed by atoms with Gasteiger partial charge in [0.15, 0.2) is 11.5 Å². The summed E-state index contributed by atoms with van der Waals surface area (Å²) in [6.45, 7) is 2.62. The summed E-state index contributed by atoms with van der Waals surface area (Å²) >= 11 is 0. The van der Waals surface area contributed by atoms with E-state index >= 15 is 0 Å². The Morgan fingerprint density at radius 3 is 2.61 bits per heavy atom. The molecule has 2 amide bonds. The zero-order chi connectivity index (χ0) is 16.4. The van der Waals surface area contributed by atoms with Crippen molar-refractivity contribution in [2.24, 2.45) is 0 Å². The van der Waals surface area contributed by atoms with Gasteiger partial charge in [-0.05, 0) is 24.3 Å². The molecule has 1 radical (unpaired) electrons. The summed E-state index contributed by atoms with van der Waals surface area (Å²) in [5.41, 5.74) is 5.91. The number of hydrogen-bond acceptors (Lipinski definition) is 5. The summed E-state index contributed by atoms with van der Waals surface area (Å²) < 4.78 is 5.09. The maximum absolute atomic E-state index is 12.4. The third-order valence-corrected chi connectivity index (χ3v) is 3.71. The van der Waals surface area contributed by atoms with Crippen LogP contribution in [-0.2, 0) is 0 Å². The molecule has 7 nitrogen and oxygen atoms in total. The van der Waals surface area contributed by atoms with Crippen LogP contribution in [0.1, 0.15) is 20.9 Å². The van der Waals surface area contributed by atoms with Crippen molar-refractivity contribution in [3.8, 4) is 5.75 Å². The second-order valence-corrected chi connectivity index (χ2v) is 5.15. The molecule has 0 bridgehead atoms. The van der Waals surface area contributed by atoms with Gasteiger partial charge >= 0.3 is 0 Å². The lowest BCUT2D eigenvalue weighted by Crippen LogP contribution is -2.47. The summed E-state index contributed by atoms with van der Waals surface area (Å²) in [5.74, 6) is -0.517. The monoisotopic (exact) mass is 314 g/mol. The first-order chi connectivity index (χ1) is 11.1. The Morgan fingerprint density at radius 1 is 1.13 bits per heavy atom. The lowest BCUT2D eigenvalue weighted by Gasteiger charge is -2.34. The van der Waals surface area contributed by atoms with Gasteiger partial charge in [0.1, 0.15) is 0 Å². The fourth-order valence-electron chi connectivity index (χ4n) is 2.42.